The molecule has 7 nitrogen and oxygen atoms in total. The third-order valence-corrected chi connectivity index (χ3v) is 5.19. The highest BCUT2D eigenvalue weighted by Gasteiger charge is 2.20. The van der Waals surface area contributed by atoms with Crippen LogP contribution in [0.15, 0.2) is 53.8 Å². The number of hydrogen-bond donors (Lipinski definition) is 2. The Morgan fingerprint density at radius 3 is 2.83 bits per heavy atom. The van der Waals surface area contributed by atoms with E-state index < -0.39 is 11.9 Å². The zero-order chi connectivity index (χ0) is 21.3. The average Bonchev–Trinajstić information content (AvgIpc) is 3.19. The number of nitrogens with two attached hydrogens (primary N) is 1. The maximum atomic E-state index is 14.2. The number of carbonyl (C=O) groups excluding carboxylic acids is 1. The lowest BCUT2D eigenvalue weighted by molar-refractivity contribution is 0.100. The largest absolute Gasteiger partial charge is 0.484 e. The van der Waals surface area contributed by atoms with Gasteiger partial charge in [-0.25, -0.2) is 8.91 Å². The molecule has 8 heteroatoms. The summed E-state index contributed by atoms with van der Waals surface area (Å²) in [4.78, 5) is 16.5. The zero-order valence-electron chi connectivity index (χ0n) is 16.7. The van der Waals surface area contributed by atoms with Crippen molar-refractivity contribution in [2.45, 2.75) is 19.4 Å². The van der Waals surface area contributed by atoms with Gasteiger partial charge in [0.05, 0.1) is 42.7 Å². The molecule has 1 aliphatic rings. The molecule has 3 N–H and O–H groups in total. The molecule has 0 spiro atoms. The molecule has 1 amide bonds. The fraction of sp³-hybridized carbons (Fsp3) is 0.227. The van der Waals surface area contributed by atoms with Gasteiger partial charge in [-0.15, -0.1) is 0 Å². The molecule has 2 aromatic heterocycles. The highest BCUT2D eigenvalue weighted by molar-refractivity contribution is 6.02. The molecule has 0 bridgehead atoms. The van der Waals surface area contributed by atoms with Crippen LogP contribution in [0.2, 0.25) is 0 Å². The third kappa shape index (κ3) is 3.63. The number of fused-ring (bicyclic) bond motifs is 1. The number of nitrogens with zero attached hydrogens (tertiary/aromatic N) is 3. The number of dihydropyridines is 1. The second-order valence-electron chi connectivity index (χ2n) is 7.09. The fourth-order valence-electron chi connectivity index (χ4n) is 3.56. The van der Waals surface area contributed by atoms with Crippen LogP contribution in [0.4, 0.5) is 10.1 Å². The SMILES string of the molecule is COC1=NCC(c2cc3c(NC(C)c4ccccc4F)c(C(N)=O)cnn3c2)=CC1. The summed E-state index contributed by atoms with van der Waals surface area (Å²) in [6.45, 7) is 2.33. The summed E-state index contributed by atoms with van der Waals surface area (Å²) >= 11 is 0. The van der Waals surface area contributed by atoms with E-state index in [0.717, 1.165) is 11.1 Å². The molecule has 0 aliphatic carbocycles. The number of carbonyl (C=O) groups is 1. The van der Waals surface area contributed by atoms with Crippen LogP contribution in [0, 0.1) is 5.82 Å². The van der Waals surface area contributed by atoms with E-state index in [2.05, 4.69) is 21.5 Å². The second kappa shape index (κ2) is 7.98. The van der Waals surface area contributed by atoms with Gasteiger partial charge in [-0.3, -0.25) is 9.79 Å². The Kier molecular flexibility index (Phi) is 5.22. The van der Waals surface area contributed by atoms with E-state index in [1.165, 1.54) is 12.3 Å². The number of primary amides is 1. The molecule has 3 heterocycles. The lowest BCUT2D eigenvalue weighted by Crippen LogP contribution is -2.18. The number of aliphatic imine (C=N–C) groups is 1. The Bertz CT molecular complexity index is 1180. The first-order valence-electron chi connectivity index (χ1n) is 9.56. The Morgan fingerprint density at radius 2 is 2.17 bits per heavy atom. The fourth-order valence-corrected chi connectivity index (χ4v) is 3.56. The van der Waals surface area contributed by atoms with Crippen LogP contribution < -0.4 is 11.1 Å². The van der Waals surface area contributed by atoms with Crippen LogP contribution in [0.1, 0.15) is 40.9 Å². The molecule has 1 aliphatic heterocycles. The minimum atomic E-state index is -0.609. The van der Waals surface area contributed by atoms with Crippen LogP contribution in [-0.4, -0.2) is 35.1 Å². The van der Waals surface area contributed by atoms with Gasteiger partial charge in [-0.1, -0.05) is 24.3 Å². The molecule has 154 valence electrons. The molecular weight excluding hydrogens is 385 g/mol. The maximum absolute atomic E-state index is 14.2. The van der Waals surface area contributed by atoms with E-state index in [4.69, 9.17) is 10.5 Å². The summed E-state index contributed by atoms with van der Waals surface area (Å²) in [5.41, 5.74) is 9.48. The number of halogens is 1. The quantitative estimate of drug-likeness (QED) is 0.676. The summed E-state index contributed by atoms with van der Waals surface area (Å²) in [7, 11) is 1.61. The van der Waals surface area contributed by atoms with E-state index >= 15 is 0 Å². The minimum Gasteiger partial charge on any atom is -0.484 e. The summed E-state index contributed by atoms with van der Waals surface area (Å²) in [5, 5.41) is 7.58. The Morgan fingerprint density at radius 1 is 1.37 bits per heavy atom. The molecule has 30 heavy (non-hydrogen) atoms. The Balaban J connectivity index is 1.74. The average molecular weight is 407 g/mol. The summed E-state index contributed by atoms with van der Waals surface area (Å²) in [6, 6.07) is 8.06. The Hall–Kier alpha value is -3.68. The number of ether oxygens (including phenoxy) is 1. The van der Waals surface area contributed by atoms with E-state index in [1.54, 1.807) is 29.8 Å². The summed E-state index contributed by atoms with van der Waals surface area (Å²) in [5.74, 6) is -0.238. The molecule has 1 aromatic carbocycles. The predicted molar refractivity (Wildman–Crippen MR) is 114 cm³/mol. The van der Waals surface area contributed by atoms with Crippen molar-refractivity contribution in [2.24, 2.45) is 10.7 Å². The van der Waals surface area contributed by atoms with Crippen molar-refractivity contribution < 1.29 is 13.9 Å². The molecular formula is C22H22FN5O2. The van der Waals surface area contributed by atoms with Crippen LogP contribution in [0.25, 0.3) is 11.1 Å². The lowest BCUT2D eigenvalue weighted by Gasteiger charge is -2.19. The smallest absolute Gasteiger partial charge is 0.252 e. The van der Waals surface area contributed by atoms with Gasteiger partial charge in [0.2, 0.25) is 0 Å². The van der Waals surface area contributed by atoms with Gasteiger partial charge in [0.15, 0.2) is 5.90 Å². The van der Waals surface area contributed by atoms with Gasteiger partial charge in [0, 0.05) is 18.2 Å². The van der Waals surface area contributed by atoms with Gasteiger partial charge in [-0.2, -0.15) is 5.10 Å². The standard InChI is InChI=1S/C22H22FN5O2/c1-13(16-5-3-4-6-18(16)23)27-21-17(22(24)29)11-26-28-12-15(9-19(21)28)14-7-8-20(30-2)25-10-14/h3-7,9,11-13,27H,8,10H2,1-2H3,(H2,24,29). The number of anilines is 1. The topological polar surface area (TPSA) is 94.0 Å². The first kappa shape index (κ1) is 19.6. The number of benzene rings is 1. The van der Waals surface area contributed by atoms with Crippen molar-refractivity contribution in [1.29, 1.82) is 0 Å². The molecule has 4 rings (SSSR count). The van der Waals surface area contributed by atoms with Gasteiger partial charge in [0.25, 0.3) is 5.91 Å². The van der Waals surface area contributed by atoms with Crippen molar-refractivity contribution >= 4 is 28.6 Å². The highest BCUT2D eigenvalue weighted by atomic mass is 19.1. The highest BCUT2D eigenvalue weighted by Crippen LogP contribution is 2.31. The van der Waals surface area contributed by atoms with Crippen LogP contribution in [0.5, 0.6) is 0 Å². The first-order valence-corrected chi connectivity index (χ1v) is 9.56. The first-order chi connectivity index (χ1) is 14.5. The normalized spacial score (nSPS) is 14.8. The predicted octanol–water partition coefficient (Wildman–Crippen LogP) is 3.58. The molecule has 1 atom stereocenters. The summed E-state index contributed by atoms with van der Waals surface area (Å²) in [6.07, 6.45) is 5.97. The van der Waals surface area contributed by atoms with E-state index in [-0.39, 0.29) is 11.4 Å². The third-order valence-electron chi connectivity index (χ3n) is 5.19. The number of nitrogens with one attached hydrogen (secondary N) is 1. The molecule has 0 radical (unpaired) electrons. The van der Waals surface area contributed by atoms with Crippen molar-refractivity contribution in [3.63, 3.8) is 0 Å². The summed E-state index contributed by atoms with van der Waals surface area (Å²) < 4.78 is 21.1. The monoisotopic (exact) mass is 407 g/mol. The van der Waals surface area contributed by atoms with Crippen molar-refractivity contribution in [3.8, 4) is 0 Å². The van der Waals surface area contributed by atoms with Crippen LogP contribution >= 0.6 is 0 Å². The van der Waals surface area contributed by atoms with Crippen molar-refractivity contribution in [1.82, 2.24) is 9.61 Å². The minimum absolute atomic E-state index is 0.243. The van der Waals surface area contributed by atoms with Crippen LogP contribution in [-0.2, 0) is 4.74 Å². The van der Waals surface area contributed by atoms with Crippen LogP contribution in [0.3, 0.4) is 0 Å². The van der Waals surface area contributed by atoms with Crippen molar-refractivity contribution in [2.75, 3.05) is 19.0 Å². The van der Waals surface area contributed by atoms with Gasteiger partial charge in [-0.05, 0) is 30.2 Å². The number of rotatable bonds is 5. The zero-order valence-corrected chi connectivity index (χ0v) is 16.7. The van der Waals surface area contributed by atoms with E-state index in [9.17, 15) is 9.18 Å². The van der Waals surface area contributed by atoms with E-state index in [1.807, 2.05) is 19.2 Å². The number of amides is 1. The Labute approximate surface area is 173 Å². The van der Waals surface area contributed by atoms with Gasteiger partial charge in [0.1, 0.15) is 5.82 Å². The molecule has 1 unspecified atom stereocenters. The molecule has 0 saturated heterocycles. The number of methoxy groups -OCH3 is 1. The lowest BCUT2D eigenvalue weighted by atomic mass is 10.0. The van der Waals surface area contributed by atoms with E-state index in [0.29, 0.717) is 35.6 Å². The van der Waals surface area contributed by atoms with Gasteiger partial charge < -0.3 is 15.8 Å². The number of aromatic nitrogens is 2. The molecule has 3 aromatic rings. The maximum Gasteiger partial charge on any atom is 0.252 e. The second-order valence-corrected chi connectivity index (χ2v) is 7.09. The molecule has 0 saturated carbocycles. The molecule has 0 fully saturated rings. The van der Waals surface area contributed by atoms with Crippen molar-refractivity contribution in [3.05, 3.63) is 71.3 Å². The van der Waals surface area contributed by atoms with Gasteiger partial charge >= 0.3 is 0 Å². The number of hydrogen-bond acceptors (Lipinski definition) is 5.